The van der Waals surface area contributed by atoms with Crippen LogP contribution in [0.25, 0.3) is 6.08 Å². The van der Waals surface area contributed by atoms with Gasteiger partial charge in [0, 0.05) is 12.5 Å². The van der Waals surface area contributed by atoms with Crippen LogP contribution in [0.1, 0.15) is 57.0 Å². The molecule has 0 saturated carbocycles. The van der Waals surface area contributed by atoms with Crippen molar-refractivity contribution in [3.63, 3.8) is 0 Å². The van der Waals surface area contributed by atoms with Gasteiger partial charge in [-0.15, -0.1) is 10.2 Å². The number of carbonyl (C=O) groups is 1. The maximum absolute atomic E-state index is 12.7. The van der Waals surface area contributed by atoms with E-state index >= 15 is 0 Å². The predicted molar refractivity (Wildman–Crippen MR) is 94.1 cm³/mol. The third kappa shape index (κ3) is 5.05. The number of carbonyl (C=O) groups excluding carboxylic acids is 1. The topological polar surface area (TPSA) is 68.0 Å². The second-order valence-electron chi connectivity index (χ2n) is 6.25. The Morgan fingerprint density at radius 3 is 2.50 bits per heavy atom. The molecule has 1 unspecified atom stereocenters. The van der Waals surface area contributed by atoms with Crippen molar-refractivity contribution >= 4 is 12.0 Å². The molecule has 2 aromatic rings. The fourth-order valence-corrected chi connectivity index (χ4v) is 2.48. The van der Waals surface area contributed by atoms with Crippen LogP contribution >= 0.6 is 0 Å². The SMILES string of the molecule is CC/C(=C\c1ccccc1)C(=O)NC(CC(C)C)c1nnc(C)o1. The van der Waals surface area contributed by atoms with Crippen LogP contribution in [0.15, 0.2) is 40.3 Å². The summed E-state index contributed by atoms with van der Waals surface area (Å²) in [5.74, 6) is 1.27. The van der Waals surface area contributed by atoms with Crippen LogP contribution in [0.5, 0.6) is 0 Å². The van der Waals surface area contributed by atoms with E-state index in [2.05, 4.69) is 29.4 Å². The summed E-state index contributed by atoms with van der Waals surface area (Å²) < 4.78 is 5.52. The molecule has 1 atom stereocenters. The first-order valence-electron chi connectivity index (χ1n) is 8.36. The zero-order valence-electron chi connectivity index (χ0n) is 14.7. The first kappa shape index (κ1) is 17.9. The van der Waals surface area contributed by atoms with Gasteiger partial charge >= 0.3 is 0 Å². The number of aryl methyl sites for hydroxylation is 1. The first-order valence-corrected chi connectivity index (χ1v) is 8.36. The third-order valence-corrected chi connectivity index (χ3v) is 3.67. The van der Waals surface area contributed by atoms with Crippen LogP contribution in [-0.2, 0) is 4.79 Å². The van der Waals surface area contributed by atoms with Gasteiger partial charge in [-0.1, -0.05) is 51.1 Å². The van der Waals surface area contributed by atoms with Gasteiger partial charge in [-0.05, 0) is 30.4 Å². The molecule has 1 heterocycles. The highest BCUT2D eigenvalue weighted by atomic mass is 16.4. The average Bonchev–Trinajstić information content (AvgIpc) is 2.99. The molecule has 2 rings (SSSR count). The van der Waals surface area contributed by atoms with Crippen molar-refractivity contribution in [2.24, 2.45) is 5.92 Å². The lowest BCUT2D eigenvalue weighted by molar-refractivity contribution is -0.118. The van der Waals surface area contributed by atoms with Crippen molar-refractivity contribution in [2.75, 3.05) is 0 Å². The van der Waals surface area contributed by atoms with Gasteiger partial charge in [-0.3, -0.25) is 4.79 Å². The van der Waals surface area contributed by atoms with Crippen LogP contribution in [0.2, 0.25) is 0 Å². The zero-order chi connectivity index (χ0) is 17.5. The molecule has 5 nitrogen and oxygen atoms in total. The quantitative estimate of drug-likeness (QED) is 0.778. The van der Waals surface area contributed by atoms with Crippen molar-refractivity contribution in [3.8, 4) is 0 Å². The van der Waals surface area contributed by atoms with Crippen LogP contribution in [0, 0.1) is 12.8 Å². The molecule has 0 spiro atoms. The van der Waals surface area contributed by atoms with Crippen molar-refractivity contribution in [3.05, 3.63) is 53.2 Å². The molecular formula is C19H25N3O2. The molecule has 1 aromatic carbocycles. The van der Waals surface area contributed by atoms with E-state index in [-0.39, 0.29) is 11.9 Å². The van der Waals surface area contributed by atoms with E-state index in [1.165, 1.54) is 0 Å². The lowest BCUT2D eigenvalue weighted by atomic mass is 10.0. The maximum atomic E-state index is 12.7. The van der Waals surface area contributed by atoms with Crippen molar-refractivity contribution in [1.29, 1.82) is 0 Å². The highest BCUT2D eigenvalue weighted by Crippen LogP contribution is 2.21. The van der Waals surface area contributed by atoms with E-state index in [1.807, 2.05) is 43.3 Å². The lowest BCUT2D eigenvalue weighted by Crippen LogP contribution is -2.30. The van der Waals surface area contributed by atoms with Gasteiger partial charge in [0.1, 0.15) is 6.04 Å². The zero-order valence-corrected chi connectivity index (χ0v) is 14.7. The Morgan fingerprint density at radius 1 is 1.25 bits per heavy atom. The van der Waals surface area contributed by atoms with Gasteiger partial charge in [-0.25, -0.2) is 0 Å². The monoisotopic (exact) mass is 327 g/mol. The van der Waals surface area contributed by atoms with E-state index in [0.29, 0.717) is 24.1 Å². The van der Waals surface area contributed by atoms with Gasteiger partial charge in [0.15, 0.2) is 0 Å². The van der Waals surface area contributed by atoms with Gasteiger partial charge in [0.25, 0.3) is 0 Å². The number of nitrogens with zero attached hydrogens (tertiary/aromatic N) is 2. The van der Waals surface area contributed by atoms with Crippen LogP contribution in [-0.4, -0.2) is 16.1 Å². The van der Waals surface area contributed by atoms with Gasteiger partial charge in [0.05, 0.1) is 0 Å². The molecule has 128 valence electrons. The molecule has 0 saturated heterocycles. The number of benzene rings is 1. The number of hydrogen-bond acceptors (Lipinski definition) is 4. The molecule has 0 fully saturated rings. The molecular weight excluding hydrogens is 302 g/mol. The molecule has 0 aliphatic carbocycles. The Labute approximate surface area is 143 Å². The highest BCUT2D eigenvalue weighted by Gasteiger charge is 2.22. The van der Waals surface area contributed by atoms with E-state index in [1.54, 1.807) is 6.92 Å². The summed E-state index contributed by atoms with van der Waals surface area (Å²) in [6.07, 6.45) is 3.31. The molecule has 1 N–H and O–H groups in total. The largest absolute Gasteiger partial charge is 0.423 e. The number of amides is 1. The van der Waals surface area contributed by atoms with E-state index in [0.717, 1.165) is 17.6 Å². The number of hydrogen-bond donors (Lipinski definition) is 1. The smallest absolute Gasteiger partial charge is 0.247 e. The van der Waals surface area contributed by atoms with Gasteiger partial charge < -0.3 is 9.73 Å². The standard InChI is InChI=1S/C19H25N3O2/c1-5-16(12-15-9-7-6-8-10-15)18(23)20-17(11-13(2)3)19-22-21-14(4)24-19/h6-10,12-13,17H,5,11H2,1-4H3,(H,20,23)/b16-12+. The predicted octanol–water partition coefficient (Wildman–Crippen LogP) is 4.08. The number of aromatic nitrogens is 2. The fraction of sp³-hybridized carbons (Fsp3) is 0.421. The second-order valence-corrected chi connectivity index (χ2v) is 6.25. The van der Waals surface area contributed by atoms with Crippen LogP contribution in [0.3, 0.4) is 0 Å². The lowest BCUT2D eigenvalue weighted by Gasteiger charge is -2.18. The summed E-state index contributed by atoms with van der Waals surface area (Å²) in [7, 11) is 0. The second kappa shape index (κ2) is 8.43. The van der Waals surface area contributed by atoms with E-state index in [9.17, 15) is 4.79 Å². The molecule has 0 aliphatic rings. The number of rotatable bonds is 7. The Bertz CT molecular complexity index is 690. The van der Waals surface area contributed by atoms with Gasteiger partial charge in [0.2, 0.25) is 17.7 Å². The third-order valence-electron chi connectivity index (χ3n) is 3.67. The Hall–Kier alpha value is -2.43. The number of nitrogens with one attached hydrogen (secondary N) is 1. The maximum Gasteiger partial charge on any atom is 0.247 e. The summed E-state index contributed by atoms with van der Waals surface area (Å²) in [4.78, 5) is 12.7. The summed E-state index contributed by atoms with van der Waals surface area (Å²) >= 11 is 0. The summed E-state index contributed by atoms with van der Waals surface area (Å²) in [6, 6.07) is 9.56. The Kier molecular flexibility index (Phi) is 6.29. The first-order chi connectivity index (χ1) is 11.5. The van der Waals surface area contributed by atoms with Crippen LogP contribution in [0.4, 0.5) is 0 Å². The van der Waals surface area contributed by atoms with Crippen molar-refractivity contribution < 1.29 is 9.21 Å². The minimum atomic E-state index is -0.274. The molecule has 5 heteroatoms. The van der Waals surface area contributed by atoms with Crippen LogP contribution < -0.4 is 5.32 Å². The van der Waals surface area contributed by atoms with E-state index < -0.39 is 0 Å². The summed E-state index contributed by atoms with van der Waals surface area (Å²) in [5.41, 5.74) is 1.74. The Morgan fingerprint density at radius 2 is 1.96 bits per heavy atom. The molecule has 24 heavy (non-hydrogen) atoms. The van der Waals surface area contributed by atoms with Gasteiger partial charge in [-0.2, -0.15) is 0 Å². The van der Waals surface area contributed by atoms with E-state index in [4.69, 9.17) is 4.42 Å². The molecule has 0 aliphatic heterocycles. The van der Waals surface area contributed by atoms with Crippen molar-refractivity contribution in [1.82, 2.24) is 15.5 Å². The summed E-state index contributed by atoms with van der Waals surface area (Å²) in [6.45, 7) is 7.92. The molecule has 0 bridgehead atoms. The molecule has 1 amide bonds. The normalized spacial score (nSPS) is 13.1. The fourth-order valence-electron chi connectivity index (χ4n) is 2.48. The Balaban J connectivity index is 2.17. The summed E-state index contributed by atoms with van der Waals surface area (Å²) in [5, 5.41) is 11.0. The average molecular weight is 327 g/mol. The molecule has 1 aromatic heterocycles. The highest BCUT2D eigenvalue weighted by molar-refractivity contribution is 5.97. The van der Waals surface area contributed by atoms with Crippen molar-refractivity contribution in [2.45, 2.75) is 46.6 Å². The minimum Gasteiger partial charge on any atom is -0.423 e. The molecule has 0 radical (unpaired) electrons. The minimum absolute atomic E-state index is 0.0946.